The largest absolute Gasteiger partial charge is 0.497 e. The Morgan fingerprint density at radius 1 is 0.765 bits per heavy atom. The fraction of sp³-hybridized carbons (Fsp3) is 0.290. The Hall–Kier alpha value is -3.46. The maximum Gasteiger partial charge on any atom is 0.118 e. The fourth-order valence-electron chi connectivity index (χ4n) is 6.52. The number of para-hydroxylation sites is 2. The molecule has 2 aromatic heterocycles. The van der Waals surface area contributed by atoms with Gasteiger partial charge >= 0.3 is 0 Å². The summed E-state index contributed by atoms with van der Waals surface area (Å²) in [5, 5.41) is 2.86. The molecule has 0 saturated carbocycles. The van der Waals surface area contributed by atoms with Gasteiger partial charge in [-0.15, -0.1) is 0 Å². The highest BCUT2D eigenvalue weighted by atomic mass is 16.5. The summed E-state index contributed by atoms with van der Waals surface area (Å²) >= 11 is 0. The van der Waals surface area contributed by atoms with Crippen molar-refractivity contribution in [1.82, 2.24) is 9.13 Å². The number of nitrogens with zero attached hydrogens (tertiary/aromatic N) is 2. The zero-order chi connectivity index (χ0) is 22.6. The lowest BCUT2D eigenvalue weighted by Crippen LogP contribution is -2.06. The molecule has 1 unspecified atom stereocenters. The average Bonchev–Trinajstić information content (AvgIpc) is 3.44. The van der Waals surface area contributed by atoms with Crippen LogP contribution in [-0.4, -0.2) is 16.2 Å². The van der Waals surface area contributed by atoms with E-state index in [4.69, 9.17) is 4.74 Å². The summed E-state index contributed by atoms with van der Waals surface area (Å²) in [6, 6.07) is 22.5. The lowest BCUT2D eigenvalue weighted by Gasteiger charge is -2.18. The molecule has 34 heavy (non-hydrogen) atoms. The molecular formula is C31H30N2O. The monoisotopic (exact) mass is 446 g/mol. The van der Waals surface area contributed by atoms with Crippen molar-refractivity contribution in [3.63, 3.8) is 0 Å². The predicted octanol–water partition coefficient (Wildman–Crippen LogP) is 6.87. The molecule has 170 valence electrons. The van der Waals surface area contributed by atoms with Crippen LogP contribution in [0.25, 0.3) is 21.8 Å². The van der Waals surface area contributed by atoms with Crippen LogP contribution >= 0.6 is 0 Å². The normalized spacial score (nSPS) is 15.7. The summed E-state index contributed by atoms with van der Waals surface area (Å²) in [4.78, 5) is 0. The van der Waals surface area contributed by atoms with Crippen LogP contribution in [0.2, 0.25) is 0 Å². The summed E-state index contributed by atoms with van der Waals surface area (Å²) in [5.74, 6) is 1.21. The van der Waals surface area contributed by atoms with Crippen LogP contribution < -0.4 is 4.74 Å². The smallest absolute Gasteiger partial charge is 0.118 e. The molecule has 0 amide bonds. The molecule has 0 N–H and O–H groups in total. The quantitative estimate of drug-likeness (QED) is 0.288. The van der Waals surface area contributed by atoms with Gasteiger partial charge in [0.05, 0.1) is 18.1 Å². The zero-order valence-corrected chi connectivity index (χ0v) is 19.8. The van der Waals surface area contributed by atoms with Gasteiger partial charge in [0.25, 0.3) is 0 Å². The molecule has 2 aliphatic rings. The van der Waals surface area contributed by atoms with E-state index in [1.54, 1.807) is 7.11 Å². The van der Waals surface area contributed by atoms with Gasteiger partial charge in [-0.25, -0.2) is 0 Å². The van der Waals surface area contributed by atoms with E-state index in [-0.39, 0.29) is 0 Å². The summed E-state index contributed by atoms with van der Waals surface area (Å²) < 4.78 is 10.5. The van der Waals surface area contributed by atoms with Gasteiger partial charge < -0.3 is 13.9 Å². The van der Waals surface area contributed by atoms with Crippen LogP contribution in [0.3, 0.4) is 0 Å². The molecular weight excluding hydrogens is 416 g/mol. The third kappa shape index (κ3) is 3.03. The number of aromatic nitrogens is 2. The highest BCUT2D eigenvalue weighted by Crippen LogP contribution is 2.40. The topological polar surface area (TPSA) is 19.1 Å². The maximum absolute atomic E-state index is 5.48. The number of hydrogen-bond donors (Lipinski definition) is 0. The van der Waals surface area contributed by atoms with Gasteiger partial charge in [-0.3, -0.25) is 0 Å². The summed E-state index contributed by atoms with van der Waals surface area (Å²) in [7, 11) is 1.74. The Morgan fingerprint density at radius 2 is 1.41 bits per heavy atom. The molecule has 0 saturated heterocycles. The van der Waals surface area contributed by atoms with Gasteiger partial charge in [-0.1, -0.05) is 48.5 Å². The highest BCUT2D eigenvalue weighted by Gasteiger charge is 2.25. The van der Waals surface area contributed by atoms with Crippen molar-refractivity contribution in [1.29, 1.82) is 0 Å². The van der Waals surface area contributed by atoms with Gasteiger partial charge in [-0.05, 0) is 72.1 Å². The SMILES string of the molecule is COc1ccc(C(Cc2cn3c4c(cccc24)CCC3)c2cn3c4c(cccc24)CCC3)cc1. The van der Waals surface area contributed by atoms with E-state index in [0.717, 1.165) is 25.3 Å². The first-order valence-corrected chi connectivity index (χ1v) is 12.6. The van der Waals surface area contributed by atoms with Crippen molar-refractivity contribution in [3.8, 4) is 5.75 Å². The Balaban J connectivity index is 1.41. The van der Waals surface area contributed by atoms with E-state index in [1.807, 2.05) is 0 Å². The number of methoxy groups -OCH3 is 1. The van der Waals surface area contributed by atoms with Gasteiger partial charge in [0.2, 0.25) is 0 Å². The van der Waals surface area contributed by atoms with Crippen LogP contribution in [-0.2, 0) is 32.4 Å². The molecule has 0 aliphatic carbocycles. The molecule has 0 bridgehead atoms. The molecule has 3 aromatic carbocycles. The van der Waals surface area contributed by atoms with Crippen molar-refractivity contribution in [2.24, 2.45) is 0 Å². The van der Waals surface area contributed by atoms with E-state index < -0.39 is 0 Å². The van der Waals surface area contributed by atoms with E-state index >= 15 is 0 Å². The highest BCUT2D eigenvalue weighted by molar-refractivity contribution is 5.90. The lowest BCUT2D eigenvalue weighted by atomic mass is 9.85. The van der Waals surface area contributed by atoms with Gasteiger partial charge in [0.15, 0.2) is 0 Å². The van der Waals surface area contributed by atoms with E-state index in [2.05, 4.69) is 82.2 Å². The van der Waals surface area contributed by atoms with Crippen molar-refractivity contribution in [2.45, 2.75) is 51.1 Å². The molecule has 3 heteroatoms. The van der Waals surface area contributed by atoms with Gasteiger partial charge in [-0.2, -0.15) is 0 Å². The molecule has 0 fully saturated rings. The molecule has 2 aliphatic heterocycles. The Kier molecular flexibility index (Phi) is 4.58. The first-order valence-electron chi connectivity index (χ1n) is 12.6. The molecule has 1 atom stereocenters. The Labute approximate surface area is 200 Å². The minimum atomic E-state index is 0.298. The molecule has 4 heterocycles. The Bertz CT molecular complexity index is 1520. The third-order valence-corrected chi connectivity index (χ3v) is 8.09. The van der Waals surface area contributed by atoms with Crippen LogP contribution in [0.15, 0.2) is 73.1 Å². The zero-order valence-electron chi connectivity index (χ0n) is 19.8. The summed E-state index contributed by atoms with van der Waals surface area (Å²) in [5.41, 5.74) is 10.2. The van der Waals surface area contributed by atoms with Crippen LogP contribution in [0, 0.1) is 0 Å². The third-order valence-electron chi connectivity index (χ3n) is 8.09. The number of rotatable bonds is 5. The lowest BCUT2D eigenvalue weighted by molar-refractivity contribution is 0.414. The minimum Gasteiger partial charge on any atom is -0.497 e. The second-order valence-electron chi connectivity index (χ2n) is 9.99. The average molecular weight is 447 g/mol. The molecule has 7 rings (SSSR count). The van der Waals surface area contributed by atoms with Crippen LogP contribution in [0.5, 0.6) is 5.75 Å². The van der Waals surface area contributed by atoms with Gasteiger partial charge in [0.1, 0.15) is 5.75 Å². The van der Waals surface area contributed by atoms with Crippen LogP contribution in [0.1, 0.15) is 46.6 Å². The first kappa shape index (κ1) is 20.0. The van der Waals surface area contributed by atoms with E-state index in [0.29, 0.717) is 5.92 Å². The molecule has 0 spiro atoms. The molecule has 0 radical (unpaired) electrons. The first-order chi connectivity index (χ1) is 16.8. The standard InChI is InChI=1S/C31H30N2O/c1-34-25-14-12-21(13-15-25)28(29-20-33-17-5-9-23-7-3-11-27(29)31(23)33)18-24-19-32-16-4-8-22-6-2-10-26(24)30(22)32/h2-3,6-7,10-15,19-20,28H,4-5,8-9,16-18H2,1H3. The number of ether oxygens (including phenoxy) is 1. The van der Waals surface area contributed by atoms with Crippen LogP contribution in [0.4, 0.5) is 0 Å². The molecule has 3 nitrogen and oxygen atoms in total. The number of aryl methyl sites for hydroxylation is 4. The predicted molar refractivity (Wildman–Crippen MR) is 139 cm³/mol. The van der Waals surface area contributed by atoms with Crippen molar-refractivity contribution >= 4 is 21.8 Å². The number of benzene rings is 3. The fourth-order valence-corrected chi connectivity index (χ4v) is 6.52. The summed E-state index contributed by atoms with van der Waals surface area (Å²) in [6.45, 7) is 2.24. The minimum absolute atomic E-state index is 0.298. The number of hydrogen-bond acceptors (Lipinski definition) is 1. The molecule has 5 aromatic rings. The Morgan fingerprint density at radius 3 is 2.12 bits per heavy atom. The van der Waals surface area contributed by atoms with E-state index in [9.17, 15) is 0 Å². The van der Waals surface area contributed by atoms with E-state index in [1.165, 1.54) is 75.3 Å². The van der Waals surface area contributed by atoms with Crippen molar-refractivity contribution in [3.05, 3.63) is 101 Å². The second kappa shape index (κ2) is 7.80. The van der Waals surface area contributed by atoms with Crippen molar-refractivity contribution < 1.29 is 4.74 Å². The van der Waals surface area contributed by atoms with Crippen molar-refractivity contribution in [2.75, 3.05) is 7.11 Å². The maximum atomic E-state index is 5.48. The van der Waals surface area contributed by atoms with Gasteiger partial charge in [0, 0.05) is 42.2 Å². The summed E-state index contributed by atoms with van der Waals surface area (Å²) in [6.07, 6.45) is 10.7. The second-order valence-corrected chi connectivity index (χ2v) is 9.99.